The van der Waals surface area contributed by atoms with E-state index >= 15 is 0 Å². The lowest BCUT2D eigenvalue weighted by molar-refractivity contribution is -0.153. The Kier molecular flexibility index (Phi) is 10.8. The van der Waals surface area contributed by atoms with E-state index in [-0.39, 0.29) is 29.7 Å². The van der Waals surface area contributed by atoms with Crippen LogP contribution < -0.4 is 15.4 Å². The molecule has 29 heavy (non-hydrogen) atoms. The second-order valence-corrected chi connectivity index (χ2v) is 6.08. The Morgan fingerprint density at radius 3 is 1.83 bits per heavy atom. The largest absolute Gasteiger partial charge is 0.484 e. The van der Waals surface area contributed by atoms with Gasteiger partial charge in [-0.05, 0) is 28.8 Å². The van der Waals surface area contributed by atoms with Crippen molar-refractivity contribution in [3.05, 3.63) is 65.2 Å². The maximum atomic E-state index is 12.2. The molecular formula is C20H25F3IN3O2. The molecule has 160 valence electrons. The number of ether oxygens (including phenoxy) is 2. The molecule has 0 bridgehead atoms. The van der Waals surface area contributed by atoms with E-state index in [1.165, 1.54) is 12.1 Å². The first-order chi connectivity index (χ1) is 13.4. The van der Waals surface area contributed by atoms with Crippen molar-refractivity contribution in [3.63, 3.8) is 0 Å². The summed E-state index contributed by atoms with van der Waals surface area (Å²) < 4.78 is 46.3. The molecule has 0 unspecified atom stereocenters. The highest BCUT2D eigenvalue weighted by Gasteiger charge is 2.28. The maximum Gasteiger partial charge on any atom is 0.422 e. The Morgan fingerprint density at radius 1 is 0.897 bits per heavy atom. The number of rotatable bonds is 8. The van der Waals surface area contributed by atoms with Gasteiger partial charge < -0.3 is 20.1 Å². The molecule has 0 heterocycles. The fourth-order valence-electron chi connectivity index (χ4n) is 2.38. The van der Waals surface area contributed by atoms with Crippen molar-refractivity contribution in [2.45, 2.75) is 25.9 Å². The van der Waals surface area contributed by atoms with Crippen LogP contribution >= 0.6 is 24.0 Å². The lowest BCUT2D eigenvalue weighted by Gasteiger charge is -2.13. The first-order valence-electron chi connectivity index (χ1n) is 8.69. The molecule has 0 saturated carbocycles. The van der Waals surface area contributed by atoms with Gasteiger partial charge in [-0.3, -0.25) is 4.99 Å². The molecule has 2 aromatic rings. The zero-order valence-electron chi connectivity index (χ0n) is 16.3. The lowest BCUT2D eigenvalue weighted by Crippen LogP contribution is -2.36. The van der Waals surface area contributed by atoms with E-state index < -0.39 is 12.8 Å². The average Bonchev–Trinajstić information content (AvgIpc) is 2.68. The highest BCUT2D eigenvalue weighted by molar-refractivity contribution is 14.0. The molecule has 0 amide bonds. The topological polar surface area (TPSA) is 54.9 Å². The monoisotopic (exact) mass is 523 g/mol. The second kappa shape index (κ2) is 12.5. The molecule has 0 fully saturated rings. The average molecular weight is 523 g/mol. The summed E-state index contributed by atoms with van der Waals surface area (Å²) >= 11 is 0. The highest BCUT2D eigenvalue weighted by Crippen LogP contribution is 2.18. The highest BCUT2D eigenvalue weighted by atomic mass is 127. The van der Waals surface area contributed by atoms with Crippen molar-refractivity contribution in [1.29, 1.82) is 0 Å². The van der Waals surface area contributed by atoms with Gasteiger partial charge in [0.1, 0.15) is 5.75 Å². The Hall–Kier alpha value is -2.01. The van der Waals surface area contributed by atoms with Crippen LogP contribution in [-0.2, 0) is 24.4 Å². The summed E-state index contributed by atoms with van der Waals surface area (Å²) in [5.41, 5.74) is 3.11. The van der Waals surface area contributed by atoms with Gasteiger partial charge in [-0.1, -0.05) is 36.4 Å². The summed E-state index contributed by atoms with van der Waals surface area (Å²) in [6, 6.07) is 14.5. The summed E-state index contributed by atoms with van der Waals surface area (Å²) in [5, 5.41) is 6.38. The molecule has 0 atom stereocenters. The van der Waals surface area contributed by atoms with Crippen LogP contribution in [0.5, 0.6) is 5.75 Å². The zero-order valence-corrected chi connectivity index (χ0v) is 18.6. The summed E-state index contributed by atoms with van der Waals surface area (Å²) in [7, 11) is 3.33. The number of hydrogen-bond donors (Lipinski definition) is 2. The van der Waals surface area contributed by atoms with Crippen molar-refractivity contribution in [2.75, 3.05) is 20.8 Å². The van der Waals surface area contributed by atoms with E-state index in [0.717, 1.165) is 16.7 Å². The predicted octanol–water partition coefficient (Wildman–Crippen LogP) is 4.26. The van der Waals surface area contributed by atoms with Crippen LogP contribution in [-0.4, -0.2) is 32.9 Å². The van der Waals surface area contributed by atoms with Crippen LogP contribution in [0.1, 0.15) is 16.7 Å². The first-order valence-corrected chi connectivity index (χ1v) is 8.69. The van der Waals surface area contributed by atoms with Gasteiger partial charge >= 0.3 is 6.18 Å². The van der Waals surface area contributed by atoms with Gasteiger partial charge in [-0.15, -0.1) is 24.0 Å². The Labute approximate surface area is 185 Å². The molecule has 0 aromatic heterocycles. The minimum atomic E-state index is -4.34. The Bertz CT molecular complexity index is 751. The molecule has 2 rings (SSSR count). The van der Waals surface area contributed by atoms with Crippen LogP contribution in [0.3, 0.4) is 0 Å². The number of nitrogens with zero attached hydrogens (tertiary/aromatic N) is 1. The lowest BCUT2D eigenvalue weighted by atomic mass is 10.1. The first kappa shape index (κ1) is 25.0. The number of halogens is 4. The van der Waals surface area contributed by atoms with Crippen LogP contribution in [0, 0.1) is 0 Å². The van der Waals surface area contributed by atoms with Gasteiger partial charge in [-0.2, -0.15) is 13.2 Å². The number of methoxy groups -OCH3 is 1. The Balaban J connectivity index is 0.00000420. The van der Waals surface area contributed by atoms with Gasteiger partial charge in [0, 0.05) is 27.2 Å². The van der Waals surface area contributed by atoms with E-state index in [0.29, 0.717) is 25.7 Å². The van der Waals surface area contributed by atoms with Gasteiger partial charge in [0.15, 0.2) is 12.6 Å². The summed E-state index contributed by atoms with van der Waals surface area (Å²) in [6.45, 7) is 0.369. The number of nitrogens with one attached hydrogen (secondary N) is 2. The molecule has 0 radical (unpaired) electrons. The molecule has 0 aliphatic carbocycles. The van der Waals surface area contributed by atoms with E-state index in [9.17, 15) is 13.2 Å². The van der Waals surface area contributed by atoms with Crippen molar-refractivity contribution in [2.24, 2.45) is 4.99 Å². The molecule has 0 aliphatic heterocycles. The minimum Gasteiger partial charge on any atom is -0.484 e. The van der Waals surface area contributed by atoms with Crippen LogP contribution in [0.4, 0.5) is 13.2 Å². The van der Waals surface area contributed by atoms with Gasteiger partial charge in [0.2, 0.25) is 0 Å². The molecular weight excluding hydrogens is 498 g/mol. The fourth-order valence-corrected chi connectivity index (χ4v) is 2.38. The van der Waals surface area contributed by atoms with E-state index in [4.69, 9.17) is 9.47 Å². The number of alkyl halides is 3. The van der Waals surface area contributed by atoms with Crippen molar-refractivity contribution in [3.8, 4) is 5.75 Å². The molecule has 0 saturated heterocycles. The molecule has 0 spiro atoms. The third kappa shape index (κ3) is 9.84. The third-order valence-electron chi connectivity index (χ3n) is 3.80. The van der Waals surface area contributed by atoms with E-state index in [1.54, 1.807) is 26.3 Å². The van der Waals surface area contributed by atoms with Gasteiger partial charge in [0.05, 0.1) is 6.61 Å². The number of guanidine groups is 1. The molecule has 2 N–H and O–H groups in total. The second-order valence-electron chi connectivity index (χ2n) is 6.08. The van der Waals surface area contributed by atoms with Crippen LogP contribution in [0.25, 0.3) is 0 Å². The van der Waals surface area contributed by atoms with Crippen molar-refractivity contribution in [1.82, 2.24) is 10.6 Å². The van der Waals surface area contributed by atoms with E-state index in [1.807, 2.05) is 24.3 Å². The Morgan fingerprint density at radius 2 is 1.38 bits per heavy atom. The molecule has 0 aliphatic rings. The predicted molar refractivity (Wildman–Crippen MR) is 118 cm³/mol. The molecule has 9 heteroatoms. The van der Waals surface area contributed by atoms with Gasteiger partial charge in [-0.25, -0.2) is 0 Å². The number of benzene rings is 2. The third-order valence-corrected chi connectivity index (χ3v) is 3.80. The van der Waals surface area contributed by atoms with Crippen LogP contribution in [0.2, 0.25) is 0 Å². The number of aliphatic imine (C=N–C) groups is 1. The smallest absolute Gasteiger partial charge is 0.422 e. The fraction of sp³-hybridized carbons (Fsp3) is 0.350. The molecule has 5 nitrogen and oxygen atoms in total. The standard InChI is InChI=1S/C20H24F3N3O2.HI/c1-24-19(25-11-15-3-5-17(6-4-15)13-27-2)26-12-16-7-9-18(10-8-16)28-14-20(21,22)23;/h3-10H,11-14H2,1-2H3,(H2,24,25,26);1H. The van der Waals surface area contributed by atoms with Crippen molar-refractivity contribution < 1.29 is 22.6 Å². The zero-order chi connectivity index (χ0) is 20.4. The quantitative estimate of drug-likeness (QED) is 0.309. The molecule has 2 aromatic carbocycles. The number of hydrogen-bond acceptors (Lipinski definition) is 3. The maximum absolute atomic E-state index is 12.2. The summed E-state index contributed by atoms with van der Waals surface area (Å²) in [5.74, 6) is 0.805. The minimum absolute atomic E-state index is 0. The van der Waals surface area contributed by atoms with Crippen LogP contribution in [0.15, 0.2) is 53.5 Å². The summed E-state index contributed by atoms with van der Waals surface area (Å²) in [6.07, 6.45) is -4.34. The SMILES string of the molecule is CN=C(NCc1ccc(COC)cc1)NCc1ccc(OCC(F)(F)F)cc1.I. The van der Waals surface area contributed by atoms with Crippen molar-refractivity contribution >= 4 is 29.9 Å². The summed E-state index contributed by atoms with van der Waals surface area (Å²) in [4.78, 5) is 4.16. The van der Waals surface area contributed by atoms with Gasteiger partial charge in [0.25, 0.3) is 0 Å². The van der Waals surface area contributed by atoms with E-state index in [2.05, 4.69) is 15.6 Å². The normalized spacial score (nSPS) is 11.6.